The standard InChI is InChI=1S/C21H28N2O5/c1-15(9-4-2-7-13-18(24)19(22)25)28-21(27)17-12-8-14-23(17)20(26)16-10-5-3-6-11-16/h3,5-6,8,10-11,14-15,17-18,24H,2,4,7,9,12-13H2,1H3,(H2,22,25)/t15-,17+,18-/m1/s1. The summed E-state index contributed by atoms with van der Waals surface area (Å²) >= 11 is 0. The minimum absolute atomic E-state index is 0.225. The molecule has 0 aliphatic carbocycles. The molecule has 152 valence electrons. The second-order valence-electron chi connectivity index (χ2n) is 7.02. The Labute approximate surface area is 165 Å². The molecule has 2 amide bonds. The molecule has 7 heteroatoms. The van der Waals surface area contributed by atoms with Crippen molar-refractivity contribution in [1.29, 1.82) is 0 Å². The summed E-state index contributed by atoms with van der Waals surface area (Å²) in [6.45, 7) is 1.82. The molecule has 1 aliphatic heterocycles. The molecule has 0 bridgehead atoms. The van der Waals surface area contributed by atoms with Crippen molar-refractivity contribution >= 4 is 17.8 Å². The van der Waals surface area contributed by atoms with E-state index >= 15 is 0 Å². The van der Waals surface area contributed by atoms with E-state index in [1.807, 2.05) is 13.0 Å². The number of aliphatic hydroxyl groups excluding tert-OH is 1. The van der Waals surface area contributed by atoms with Gasteiger partial charge in [-0.3, -0.25) is 9.59 Å². The highest BCUT2D eigenvalue weighted by Crippen LogP contribution is 2.20. The highest BCUT2D eigenvalue weighted by Gasteiger charge is 2.33. The van der Waals surface area contributed by atoms with Gasteiger partial charge >= 0.3 is 5.97 Å². The number of esters is 1. The number of nitrogens with two attached hydrogens (primary N) is 1. The molecule has 3 atom stereocenters. The lowest BCUT2D eigenvalue weighted by molar-refractivity contribution is -0.152. The van der Waals surface area contributed by atoms with Crippen LogP contribution in [0.25, 0.3) is 0 Å². The van der Waals surface area contributed by atoms with E-state index in [2.05, 4.69) is 0 Å². The number of benzene rings is 1. The Balaban J connectivity index is 1.75. The number of ether oxygens (including phenoxy) is 1. The SMILES string of the molecule is C[C@H](CCCCC[C@@H](O)C(N)=O)OC(=O)[C@@H]1CC=CN1C(=O)c1ccccc1. The molecule has 0 unspecified atom stereocenters. The van der Waals surface area contributed by atoms with Gasteiger partial charge in [-0.15, -0.1) is 0 Å². The lowest BCUT2D eigenvalue weighted by Gasteiger charge is -2.24. The summed E-state index contributed by atoms with van der Waals surface area (Å²) in [7, 11) is 0. The summed E-state index contributed by atoms with van der Waals surface area (Å²) in [6.07, 6.45) is 5.79. The third-order valence-corrected chi connectivity index (χ3v) is 4.72. The Morgan fingerprint density at radius 3 is 2.54 bits per heavy atom. The van der Waals surface area contributed by atoms with Crippen LogP contribution in [0.1, 0.15) is 55.8 Å². The third kappa shape index (κ3) is 6.20. The summed E-state index contributed by atoms with van der Waals surface area (Å²) in [5.74, 6) is -1.34. The lowest BCUT2D eigenvalue weighted by atomic mass is 10.1. The van der Waals surface area contributed by atoms with Crippen LogP contribution < -0.4 is 5.73 Å². The zero-order valence-corrected chi connectivity index (χ0v) is 16.1. The Morgan fingerprint density at radius 2 is 1.86 bits per heavy atom. The first-order valence-electron chi connectivity index (χ1n) is 9.62. The molecule has 0 spiro atoms. The molecule has 0 saturated carbocycles. The van der Waals surface area contributed by atoms with Crippen LogP contribution in [-0.2, 0) is 14.3 Å². The van der Waals surface area contributed by atoms with E-state index in [1.165, 1.54) is 4.90 Å². The van der Waals surface area contributed by atoms with E-state index in [4.69, 9.17) is 10.5 Å². The van der Waals surface area contributed by atoms with E-state index in [1.54, 1.807) is 36.5 Å². The fourth-order valence-electron chi connectivity index (χ4n) is 3.09. The van der Waals surface area contributed by atoms with Gasteiger partial charge in [-0.05, 0) is 44.7 Å². The van der Waals surface area contributed by atoms with Gasteiger partial charge in [0.05, 0.1) is 6.10 Å². The van der Waals surface area contributed by atoms with Crippen LogP contribution in [0.5, 0.6) is 0 Å². The topological polar surface area (TPSA) is 110 Å². The summed E-state index contributed by atoms with van der Waals surface area (Å²) < 4.78 is 5.52. The molecule has 1 aromatic carbocycles. The molecular formula is C21H28N2O5. The molecule has 7 nitrogen and oxygen atoms in total. The molecule has 0 aromatic heterocycles. The highest BCUT2D eigenvalue weighted by atomic mass is 16.5. The molecule has 1 aromatic rings. The first-order valence-corrected chi connectivity index (χ1v) is 9.62. The first-order chi connectivity index (χ1) is 13.4. The van der Waals surface area contributed by atoms with Crippen LogP contribution in [0.15, 0.2) is 42.6 Å². The number of amides is 2. The number of hydrogen-bond acceptors (Lipinski definition) is 5. The van der Waals surface area contributed by atoms with Gasteiger partial charge in [0.1, 0.15) is 12.1 Å². The minimum atomic E-state index is -1.10. The maximum absolute atomic E-state index is 12.6. The number of carbonyl (C=O) groups excluding carboxylic acids is 3. The fourth-order valence-corrected chi connectivity index (χ4v) is 3.09. The Hall–Kier alpha value is -2.67. The molecular weight excluding hydrogens is 360 g/mol. The van der Waals surface area contributed by atoms with Crippen molar-refractivity contribution in [3.05, 3.63) is 48.2 Å². The number of rotatable bonds is 10. The normalized spacial score (nSPS) is 17.9. The van der Waals surface area contributed by atoms with Gasteiger partial charge < -0.3 is 20.5 Å². The van der Waals surface area contributed by atoms with E-state index in [-0.39, 0.29) is 12.0 Å². The second kappa shape index (κ2) is 10.6. The second-order valence-corrected chi connectivity index (χ2v) is 7.02. The largest absolute Gasteiger partial charge is 0.461 e. The van der Waals surface area contributed by atoms with Crippen molar-refractivity contribution < 1.29 is 24.2 Å². The van der Waals surface area contributed by atoms with Gasteiger partial charge in [-0.25, -0.2) is 4.79 Å². The van der Waals surface area contributed by atoms with E-state index in [0.29, 0.717) is 31.2 Å². The smallest absolute Gasteiger partial charge is 0.329 e. The molecule has 2 rings (SSSR count). The number of primary amides is 1. The first kappa shape index (κ1) is 21.6. The van der Waals surface area contributed by atoms with Crippen molar-refractivity contribution in [1.82, 2.24) is 4.90 Å². The van der Waals surface area contributed by atoms with Gasteiger partial charge in [0.15, 0.2) is 0 Å². The fraction of sp³-hybridized carbons (Fsp3) is 0.476. The summed E-state index contributed by atoms with van der Waals surface area (Å²) in [4.78, 5) is 37.3. The average molecular weight is 388 g/mol. The molecule has 1 heterocycles. The maximum Gasteiger partial charge on any atom is 0.329 e. The van der Waals surface area contributed by atoms with Crippen molar-refractivity contribution in [2.45, 2.75) is 63.7 Å². The van der Waals surface area contributed by atoms with E-state index in [0.717, 1.165) is 12.8 Å². The van der Waals surface area contributed by atoms with Crippen molar-refractivity contribution in [2.24, 2.45) is 5.73 Å². The number of hydrogen-bond donors (Lipinski definition) is 2. The Morgan fingerprint density at radius 1 is 1.18 bits per heavy atom. The molecule has 1 aliphatic rings. The van der Waals surface area contributed by atoms with Gasteiger partial charge in [0.2, 0.25) is 5.91 Å². The summed E-state index contributed by atoms with van der Waals surface area (Å²) in [5.41, 5.74) is 5.53. The Kier molecular flexibility index (Phi) is 8.19. The van der Waals surface area contributed by atoms with Gasteiger partial charge in [0.25, 0.3) is 5.91 Å². The third-order valence-electron chi connectivity index (χ3n) is 4.72. The van der Waals surface area contributed by atoms with Crippen molar-refractivity contribution in [3.63, 3.8) is 0 Å². The van der Waals surface area contributed by atoms with E-state index in [9.17, 15) is 19.5 Å². The quantitative estimate of drug-likeness (QED) is 0.471. The predicted octanol–water partition coefficient (Wildman–Crippen LogP) is 2.14. The van der Waals surface area contributed by atoms with Gasteiger partial charge in [-0.1, -0.05) is 37.1 Å². The molecule has 3 N–H and O–H groups in total. The Bertz CT molecular complexity index is 704. The minimum Gasteiger partial charge on any atom is -0.461 e. The zero-order valence-electron chi connectivity index (χ0n) is 16.1. The molecule has 0 fully saturated rings. The molecule has 0 radical (unpaired) electrons. The van der Waals surface area contributed by atoms with Crippen LogP contribution >= 0.6 is 0 Å². The monoisotopic (exact) mass is 388 g/mol. The molecule has 28 heavy (non-hydrogen) atoms. The van der Waals surface area contributed by atoms with Crippen molar-refractivity contribution in [3.8, 4) is 0 Å². The van der Waals surface area contributed by atoms with Crippen LogP contribution in [0.2, 0.25) is 0 Å². The van der Waals surface area contributed by atoms with Gasteiger partial charge in [-0.2, -0.15) is 0 Å². The van der Waals surface area contributed by atoms with Crippen LogP contribution in [0.4, 0.5) is 0 Å². The predicted molar refractivity (Wildman–Crippen MR) is 104 cm³/mol. The maximum atomic E-state index is 12.6. The highest BCUT2D eigenvalue weighted by molar-refractivity contribution is 5.98. The van der Waals surface area contributed by atoms with Crippen LogP contribution in [-0.4, -0.2) is 46.0 Å². The number of nitrogens with zero attached hydrogens (tertiary/aromatic N) is 1. The number of aliphatic hydroxyl groups is 1. The summed E-state index contributed by atoms with van der Waals surface area (Å²) in [5, 5.41) is 9.35. The number of carbonyl (C=O) groups is 3. The van der Waals surface area contributed by atoms with Crippen LogP contribution in [0, 0.1) is 0 Å². The summed E-state index contributed by atoms with van der Waals surface area (Å²) in [6, 6.07) is 8.19. The molecule has 0 saturated heterocycles. The van der Waals surface area contributed by atoms with Gasteiger partial charge in [0, 0.05) is 11.8 Å². The van der Waals surface area contributed by atoms with Crippen LogP contribution in [0.3, 0.4) is 0 Å². The lowest BCUT2D eigenvalue weighted by Crippen LogP contribution is -2.40. The van der Waals surface area contributed by atoms with Crippen molar-refractivity contribution in [2.75, 3.05) is 0 Å². The van der Waals surface area contributed by atoms with E-state index < -0.39 is 24.0 Å². The average Bonchev–Trinajstić information content (AvgIpc) is 3.17. The number of unbranched alkanes of at least 4 members (excludes halogenated alkanes) is 2. The zero-order chi connectivity index (χ0) is 20.5.